The van der Waals surface area contributed by atoms with Crippen LogP contribution in [0.5, 0.6) is 5.75 Å². The normalized spacial score (nSPS) is 10.7. The zero-order chi connectivity index (χ0) is 21.6. The first kappa shape index (κ1) is 21.7. The van der Waals surface area contributed by atoms with E-state index in [9.17, 15) is 22.8 Å². The van der Waals surface area contributed by atoms with E-state index >= 15 is 0 Å². The summed E-state index contributed by atoms with van der Waals surface area (Å²) >= 11 is 0. The highest BCUT2D eigenvalue weighted by molar-refractivity contribution is 7.92. The number of nitrogens with one attached hydrogen (secondary N) is 1. The molecule has 3 N–H and O–H groups in total. The Morgan fingerprint density at radius 3 is 2.31 bits per heavy atom. The lowest BCUT2D eigenvalue weighted by Crippen LogP contribution is -2.20. The van der Waals surface area contributed by atoms with Crippen LogP contribution in [-0.4, -0.2) is 47.1 Å². The predicted octanol–water partition coefficient (Wildman–Crippen LogP) is 0.925. The molecule has 1 amide bonds. The quantitative estimate of drug-likeness (QED) is 0.596. The van der Waals surface area contributed by atoms with Crippen molar-refractivity contribution < 1.29 is 37.0 Å². The van der Waals surface area contributed by atoms with Crippen LogP contribution in [0.4, 0.5) is 5.69 Å². The third-order valence-corrected chi connectivity index (χ3v) is 4.99. The number of sulfonamides is 1. The second-order valence-electron chi connectivity index (χ2n) is 5.58. The Bertz CT molecular complexity index is 1050. The Morgan fingerprint density at radius 2 is 1.69 bits per heavy atom. The highest BCUT2D eigenvalue weighted by Crippen LogP contribution is 2.24. The molecule has 29 heavy (non-hydrogen) atoms. The topological polar surface area (TPSA) is 151 Å². The van der Waals surface area contributed by atoms with Gasteiger partial charge in [0.15, 0.2) is 6.61 Å². The van der Waals surface area contributed by atoms with Crippen molar-refractivity contribution in [3.05, 3.63) is 53.6 Å². The molecule has 0 aliphatic rings. The second kappa shape index (κ2) is 9.06. The van der Waals surface area contributed by atoms with Crippen LogP contribution >= 0.6 is 0 Å². The fraction of sp³-hybridized carbons (Fsp3) is 0.167. The van der Waals surface area contributed by atoms with Crippen molar-refractivity contribution >= 4 is 33.6 Å². The van der Waals surface area contributed by atoms with Crippen molar-refractivity contribution in [3.8, 4) is 5.75 Å². The lowest BCUT2D eigenvalue weighted by molar-refractivity contribution is -0.119. The molecule has 0 saturated heterocycles. The van der Waals surface area contributed by atoms with Crippen LogP contribution in [0.15, 0.2) is 47.4 Å². The van der Waals surface area contributed by atoms with E-state index in [2.05, 4.69) is 14.2 Å². The molecule has 154 valence electrons. The first-order valence-corrected chi connectivity index (χ1v) is 9.51. The number of nitrogens with two attached hydrogens (primary N) is 1. The molecule has 11 heteroatoms. The number of ether oxygens (including phenoxy) is 3. The van der Waals surface area contributed by atoms with Gasteiger partial charge in [0.1, 0.15) is 10.6 Å². The van der Waals surface area contributed by atoms with Gasteiger partial charge in [0.25, 0.3) is 15.9 Å². The van der Waals surface area contributed by atoms with Crippen molar-refractivity contribution in [3.63, 3.8) is 0 Å². The summed E-state index contributed by atoms with van der Waals surface area (Å²) in [5.74, 6) is -2.18. The van der Waals surface area contributed by atoms with E-state index in [1.807, 2.05) is 0 Å². The Labute approximate surface area is 166 Å². The van der Waals surface area contributed by atoms with Crippen molar-refractivity contribution in [2.75, 3.05) is 25.5 Å². The van der Waals surface area contributed by atoms with Crippen LogP contribution in [0.1, 0.15) is 20.7 Å². The minimum absolute atomic E-state index is 0.0703. The minimum Gasteiger partial charge on any atom is -0.484 e. The van der Waals surface area contributed by atoms with Gasteiger partial charge < -0.3 is 19.9 Å². The van der Waals surface area contributed by atoms with Gasteiger partial charge in [0.2, 0.25) is 0 Å². The number of hydrogen-bond donors (Lipinski definition) is 2. The SMILES string of the molecule is COC(=O)c1ccc(C(=O)OC)c(S(=O)(=O)Nc2cccc(OCC(N)=O)c2)c1. The van der Waals surface area contributed by atoms with Crippen LogP contribution in [0.25, 0.3) is 0 Å². The molecule has 0 spiro atoms. The van der Waals surface area contributed by atoms with Crippen LogP contribution in [0, 0.1) is 0 Å². The number of methoxy groups -OCH3 is 2. The van der Waals surface area contributed by atoms with Gasteiger partial charge in [-0.05, 0) is 30.3 Å². The van der Waals surface area contributed by atoms with E-state index in [4.69, 9.17) is 10.5 Å². The van der Waals surface area contributed by atoms with Crippen molar-refractivity contribution in [2.45, 2.75) is 4.90 Å². The molecule has 2 rings (SSSR count). The van der Waals surface area contributed by atoms with Crippen LogP contribution in [0.3, 0.4) is 0 Å². The number of benzene rings is 2. The maximum Gasteiger partial charge on any atom is 0.339 e. The number of amides is 1. The molecule has 0 aromatic heterocycles. The highest BCUT2D eigenvalue weighted by Gasteiger charge is 2.25. The lowest BCUT2D eigenvalue weighted by atomic mass is 10.1. The second-order valence-corrected chi connectivity index (χ2v) is 7.23. The largest absolute Gasteiger partial charge is 0.484 e. The Morgan fingerprint density at radius 1 is 1.00 bits per heavy atom. The number of carbonyl (C=O) groups excluding carboxylic acids is 3. The van der Waals surface area contributed by atoms with Crippen molar-refractivity contribution in [1.29, 1.82) is 0 Å². The van der Waals surface area contributed by atoms with Crippen LogP contribution in [0.2, 0.25) is 0 Å². The molecule has 0 radical (unpaired) electrons. The minimum atomic E-state index is -4.32. The molecule has 0 unspecified atom stereocenters. The molecular weight excluding hydrogens is 404 g/mol. The van der Waals surface area contributed by atoms with Gasteiger partial charge in [0, 0.05) is 6.07 Å². The van der Waals surface area contributed by atoms with Gasteiger partial charge in [0.05, 0.1) is 31.0 Å². The summed E-state index contributed by atoms with van der Waals surface area (Å²) in [6.45, 7) is -0.385. The van der Waals surface area contributed by atoms with Gasteiger partial charge in [-0.2, -0.15) is 0 Å². The first-order valence-electron chi connectivity index (χ1n) is 8.02. The highest BCUT2D eigenvalue weighted by atomic mass is 32.2. The van der Waals surface area contributed by atoms with E-state index < -0.39 is 32.8 Å². The smallest absolute Gasteiger partial charge is 0.339 e. The fourth-order valence-corrected chi connectivity index (χ4v) is 3.55. The molecular formula is C18H18N2O8S. The summed E-state index contributed by atoms with van der Waals surface area (Å²) in [7, 11) is -2.08. The Kier molecular flexibility index (Phi) is 6.78. The molecule has 0 aliphatic heterocycles. The fourth-order valence-electron chi connectivity index (χ4n) is 2.28. The number of anilines is 1. The van der Waals surface area contributed by atoms with E-state index in [0.717, 1.165) is 26.4 Å². The zero-order valence-electron chi connectivity index (χ0n) is 15.5. The monoisotopic (exact) mass is 422 g/mol. The summed E-state index contributed by atoms with van der Waals surface area (Å²) in [6.07, 6.45) is 0. The number of primary amides is 1. The lowest BCUT2D eigenvalue weighted by Gasteiger charge is -2.13. The number of esters is 2. The molecule has 0 saturated carbocycles. The average Bonchev–Trinajstić information content (AvgIpc) is 2.70. The van der Waals surface area contributed by atoms with E-state index in [1.165, 1.54) is 30.3 Å². The van der Waals surface area contributed by atoms with Gasteiger partial charge in [-0.25, -0.2) is 18.0 Å². The summed E-state index contributed by atoms with van der Waals surface area (Å²) < 4.78 is 42.4. The Balaban J connectivity index is 2.44. The van der Waals surface area contributed by atoms with Gasteiger partial charge in [-0.15, -0.1) is 0 Å². The first-order chi connectivity index (χ1) is 13.7. The average molecular weight is 422 g/mol. The summed E-state index contributed by atoms with van der Waals surface area (Å²) in [5.41, 5.74) is 4.76. The predicted molar refractivity (Wildman–Crippen MR) is 101 cm³/mol. The van der Waals surface area contributed by atoms with Gasteiger partial charge >= 0.3 is 11.9 Å². The number of rotatable bonds is 8. The van der Waals surface area contributed by atoms with E-state index in [-0.39, 0.29) is 29.2 Å². The van der Waals surface area contributed by atoms with Gasteiger partial charge in [-0.3, -0.25) is 9.52 Å². The maximum atomic E-state index is 12.9. The summed E-state index contributed by atoms with van der Waals surface area (Å²) in [4.78, 5) is 34.1. The van der Waals surface area contributed by atoms with Crippen molar-refractivity contribution in [2.24, 2.45) is 5.73 Å². The third kappa shape index (κ3) is 5.45. The standard InChI is InChI=1S/C18H18N2O8S/c1-26-17(22)11-6-7-14(18(23)27-2)15(8-11)29(24,25)20-12-4-3-5-13(9-12)28-10-16(19)21/h3-9,20H,10H2,1-2H3,(H2,19,21). The van der Waals surface area contributed by atoms with E-state index in [0.29, 0.717) is 0 Å². The number of carbonyl (C=O) groups is 3. The molecule has 10 nitrogen and oxygen atoms in total. The maximum absolute atomic E-state index is 12.9. The number of hydrogen-bond acceptors (Lipinski definition) is 8. The summed E-state index contributed by atoms with van der Waals surface area (Å²) in [6, 6.07) is 9.14. The molecule has 0 heterocycles. The third-order valence-electron chi connectivity index (χ3n) is 3.56. The van der Waals surface area contributed by atoms with Crippen LogP contribution in [-0.2, 0) is 24.3 Å². The molecule has 0 atom stereocenters. The molecule has 0 fully saturated rings. The zero-order valence-corrected chi connectivity index (χ0v) is 16.3. The van der Waals surface area contributed by atoms with Crippen molar-refractivity contribution in [1.82, 2.24) is 0 Å². The molecule has 2 aromatic rings. The Hall–Kier alpha value is -3.60. The van der Waals surface area contributed by atoms with Crippen LogP contribution < -0.4 is 15.2 Å². The molecule has 0 bridgehead atoms. The summed E-state index contributed by atoms with van der Waals surface area (Å²) in [5, 5.41) is 0. The molecule has 0 aliphatic carbocycles. The van der Waals surface area contributed by atoms with Gasteiger partial charge in [-0.1, -0.05) is 6.07 Å². The van der Waals surface area contributed by atoms with E-state index in [1.54, 1.807) is 0 Å². The molecule has 2 aromatic carbocycles.